The van der Waals surface area contributed by atoms with Crippen molar-refractivity contribution in [3.8, 4) is 5.75 Å². The lowest BCUT2D eigenvalue weighted by Crippen LogP contribution is -2.14. The van der Waals surface area contributed by atoms with Crippen molar-refractivity contribution in [2.24, 2.45) is 0 Å². The number of thioether (sulfide) groups is 1. The molecular formula is C17H19NO2S. The Balaban J connectivity index is 2.02. The smallest absolute Gasteiger partial charge is 0.228 e. The number of aryl methyl sites for hydroxylation is 1. The molecule has 1 amide bonds. The minimum atomic E-state index is -0.0159. The molecule has 4 heteroatoms. The number of rotatable bonds is 5. The van der Waals surface area contributed by atoms with Gasteiger partial charge in [0.15, 0.2) is 0 Å². The first-order valence-electron chi connectivity index (χ1n) is 6.70. The summed E-state index contributed by atoms with van der Waals surface area (Å²) in [5.41, 5.74) is 2.84. The van der Waals surface area contributed by atoms with Crippen molar-refractivity contribution >= 4 is 23.4 Å². The average Bonchev–Trinajstić information content (AvgIpc) is 2.47. The molecule has 0 heterocycles. The van der Waals surface area contributed by atoms with Gasteiger partial charge in [-0.25, -0.2) is 0 Å². The Morgan fingerprint density at radius 1 is 1.24 bits per heavy atom. The summed E-state index contributed by atoms with van der Waals surface area (Å²) < 4.78 is 5.22. The quantitative estimate of drug-likeness (QED) is 0.851. The van der Waals surface area contributed by atoms with Crippen LogP contribution < -0.4 is 10.1 Å². The van der Waals surface area contributed by atoms with Crippen molar-refractivity contribution in [3.05, 3.63) is 53.6 Å². The van der Waals surface area contributed by atoms with E-state index in [4.69, 9.17) is 4.74 Å². The number of amides is 1. The van der Waals surface area contributed by atoms with Crippen LogP contribution in [0.2, 0.25) is 0 Å². The van der Waals surface area contributed by atoms with Gasteiger partial charge in [-0.1, -0.05) is 18.2 Å². The lowest BCUT2D eigenvalue weighted by Gasteiger charge is -2.09. The maximum Gasteiger partial charge on any atom is 0.228 e. The number of hydrogen-bond acceptors (Lipinski definition) is 3. The molecule has 0 unspecified atom stereocenters. The minimum Gasteiger partial charge on any atom is -0.496 e. The summed E-state index contributed by atoms with van der Waals surface area (Å²) >= 11 is 1.65. The Bertz CT molecular complexity index is 640. The van der Waals surface area contributed by atoms with E-state index in [0.29, 0.717) is 6.42 Å². The third kappa shape index (κ3) is 4.26. The number of carbonyl (C=O) groups excluding carboxylic acids is 1. The van der Waals surface area contributed by atoms with Crippen LogP contribution >= 0.6 is 11.8 Å². The molecule has 1 N–H and O–H groups in total. The van der Waals surface area contributed by atoms with Crippen molar-refractivity contribution in [2.45, 2.75) is 18.2 Å². The van der Waals surface area contributed by atoms with Gasteiger partial charge in [0.2, 0.25) is 5.91 Å². The molecule has 0 atom stereocenters. The molecule has 0 spiro atoms. The first-order chi connectivity index (χ1) is 10.1. The summed E-state index contributed by atoms with van der Waals surface area (Å²) in [4.78, 5) is 13.2. The second-order valence-corrected chi connectivity index (χ2v) is 5.64. The molecule has 0 saturated carbocycles. The third-order valence-corrected chi connectivity index (χ3v) is 3.90. The lowest BCUT2D eigenvalue weighted by molar-refractivity contribution is -0.115. The molecule has 21 heavy (non-hydrogen) atoms. The minimum absolute atomic E-state index is 0.0159. The topological polar surface area (TPSA) is 38.3 Å². The van der Waals surface area contributed by atoms with Crippen LogP contribution in [0.1, 0.15) is 11.1 Å². The highest BCUT2D eigenvalue weighted by molar-refractivity contribution is 7.98. The van der Waals surface area contributed by atoms with Gasteiger partial charge in [0.25, 0.3) is 0 Å². The number of methoxy groups -OCH3 is 1. The molecule has 0 aromatic heterocycles. The summed E-state index contributed by atoms with van der Waals surface area (Å²) in [6, 6.07) is 13.6. The predicted molar refractivity (Wildman–Crippen MR) is 88.3 cm³/mol. The van der Waals surface area contributed by atoms with E-state index in [-0.39, 0.29) is 5.91 Å². The highest BCUT2D eigenvalue weighted by Crippen LogP contribution is 2.20. The molecule has 0 saturated heterocycles. The van der Waals surface area contributed by atoms with Crippen molar-refractivity contribution in [1.82, 2.24) is 0 Å². The summed E-state index contributed by atoms with van der Waals surface area (Å²) in [6.07, 6.45) is 2.37. The first-order valence-corrected chi connectivity index (χ1v) is 7.92. The standard InChI is InChI=1S/C17H19NO2S/c1-12-9-13(7-8-16(12)20-2)10-17(19)18-14-5-4-6-15(11-14)21-3/h4-9,11H,10H2,1-3H3,(H,18,19). The molecule has 0 bridgehead atoms. The average molecular weight is 301 g/mol. The van der Waals surface area contributed by atoms with Crippen LogP contribution in [0, 0.1) is 6.92 Å². The van der Waals surface area contributed by atoms with Crippen molar-refractivity contribution in [1.29, 1.82) is 0 Å². The SMILES string of the molecule is COc1ccc(CC(=O)Nc2cccc(SC)c2)cc1C. The number of ether oxygens (including phenoxy) is 1. The highest BCUT2D eigenvalue weighted by atomic mass is 32.2. The van der Waals surface area contributed by atoms with E-state index in [1.54, 1.807) is 18.9 Å². The maximum absolute atomic E-state index is 12.1. The van der Waals surface area contributed by atoms with E-state index in [2.05, 4.69) is 5.32 Å². The molecule has 0 aliphatic heterocycles. The van der Waals surface area contributed by atoms with Gasteiger partial charge >= 0.3 is 0 Å². The van der Waals surface area contributed by atoms with Crippen LogP contribution in [0.4, 0.5) is 5.69 Å². The first kappa shape index (κ1) is 15.4. The fraction of sp³-hybridized carbons (Fsp3) is 0.235. The molecule has 3 nitrogen and oxygen atoms in total. The molecule has 2 rings (SSSR count). The van der Waals surface area contributed by atoms with Crippen LogP contribution in [0.25, 0.3) is 0 Å². The zero-order chi connectivity index (χ0) is 15.2. The molecule has 0 aliphatic carbocycles. The van der Waals surface area contributed by atoms with Gasteiger partial charge < -0.3 is 10.1 Å². The van der Waals surface area contributed by atoms with E-state index in [1.807, 2.05) is 55.6 Å². The van der Waals surface area contributed by atoms with E-state index in [9.17, 15) is 4.79 Å². The normalized spacial score (nSPS) is 10.2. The zero-order valence-corrected chi connectivity index (χ0v) is 13.3. The van der Waals surface area contributed by atoms with E-state index >= 15 is 0 Å². The van der Waals surface area contributed by atoms with Crippen molar-refractivity contribution < 1.29 is 9.53 Å². The van der Waals surface area contributed by atoms with Crippen molar-refractivity contribution in [3.63, 3.8) is 0 Å². The molecule has 0 aliphatic rings. The highest BCUT2D eigenvalue weighted by Gasteiger charge is 2.06. The molecular weight excluding hydrogens is 282 g/mol. The summed E-state index contributed by atoms with van der Waals surface area (Å²) in [5.74, 6) is 0.824. The summed E-state index contributed by atoms with van der Waals surface area (Å²) in [5, 5.41) is 2.93. The Kier molecular flexibility index (Phi) is 5.28. The van der Waals surface area contributed by atoms with Crippen LogP contribution in [-0.2, 0) is 11.2 Å². The number of carbonyl (C=O) groups is 1. The fourth-order valence-electron chi connectivity index (χ4n) is 2.14. The molecule has 0 radical (unpaired) electrons. The van der Waals surface area contributed by atoms with E-state index < -0.39 is 0 Å². The summed E-state index contributed by atoms with van der Waals surface area (Å²) in [7, 11) is 1.65. The number of anilines is 1. The molecule has 0 fully saturated rings. The summed E-state index contributed by atoms with van der Waals surface area (Å²) in [6.45, 7) is 1.97. The van der Waals surface area contributed by atoms with Crippen LogP contribution in [0.5, 0.6) is 5.75 Å². The second-order valence-electron chi connectivity index (χ2n) is 4.76. The van der Waals surface area contributed by atoms with Gasteiger partial charge in [-0.3, -0.25) is 4.79 Å². The third-order valence-electron chi connectivity index (χ3n) is 3.18. The van der Waals surface area contributed by atoms with Crippen LogP contribution in [-0.4, -0.2) is 19.3 Å². The van der Waals surface area contributed by atoms with Gasteiger partial charge in [-0.15, -0.1) is 11.8 Å². The molecule has 110 valence electrons. The number of nitrogens with one attached hydrogen (secondary N) is 1. The second kappa shape index (κ2) is 7.18. The van der Waals surface area contributed by atoms with Gasteiger partial charge in [-0.05, 0) is 48.6 Å². The van der Waals surface area contributed by atoms with Gasteiger partial charge in [0, 0.05) is 10.6 Å². The maximum atomic E-state index is 12.1. The zero-order valence-electron chi connectivity index (χ0n) is 12.5. The Morgan fingerprint density at radius 2 is 2.05 bits per heavy atom. The fourth-order valence-corrected chi connectivity index (χ4v) is 2.60. The van der Waals surface area contributed by atoms with Gasteiger partial charge in [-0.2, -0.15) is 0 Å². The van der Waals surface area contributed by atoms with Crippen LogP contribution in [0.3, 0.4) is 0 Å². The van der Waals surface area contributed by atoms with Crippen LogP contribution in [0.15, 0.2) is 47.4 Å². The lowest BCUT2D eigenvalue weighted by atomic mass is 10.1. The monoisotopic (exact) mass is 301 g/mol. The van der Waals surface area contributed by atoms with Gasteiger partial charge in [0.1, 0.15) is 5.75 Å². The number of benzene rings is 2. The number of hydrogen-bond donors (Lipinski definition) is 1. The van der Waals surface area contributed by atoms with E-state index in [0.717, 1.165) is 27.5 Å². The Hall–Kier alpha value is -1.94. The largest absolute Gasteiger partial charge is 0.496 e. The predicted octanol–water partition coefficient (Wildman–Crippen LogP) is 3.91. The Morgan fingerprint density at radius 3 is 2.71 bits per heavy atom. The molecule has 2 aromatic carbocycles. The van der Waals surface area contributed by atoms with Crippen molar-refractivity contribution in [2.75, 3.05) is 18.7 Å². The van der Waals surface area contributed by atoms with E-state index in [1.165, 1.54) is 0 Å². The van der Waals surface area contributed by atoms with Gasteiger partial charge in [0.05, 0.1) is 13.5 Å². The Labute approximate surface area is 129 Å². The molecule has 2 aromatic rings.